The van der Waals surface area contributed by atoms with E-state index in [1.165, 1.54) is 18.5 Å². The summed E-state index contributed by atoms with van der Waals surface area (Å²) in [6.45, 7) is 5.30. The number of likely N-dealkylation sites (N-methyl/N-ethyl adjacent to an activating group) is 1. The number of rotatable bonds is 6. The van der Waals surface area contributed by atoms with Crippen LogP contribution in [0.5, 0.6) is 0 Å². The number of halogens is 1. The molecule has 3 rings (SSSR count). The summed E-state index contributed by atoms with van der Waals surface area (Å²) >= 11 is 3.50. The molecule has 0 amide bonds. The van der Waals surface area contributed by atoms with Gasteiger partial charge in [0.15, 0.2) is 5.96 Å². The smallest absolute Gasteiger partial charge is 0.191 e. The fourth-order valence-corrected chi connectivity index (χ4v) is 3.65. The van der Waals surface area contributed by atoms with Crippen molar-refractivity contribution in [3.8, 4) is 0 Å². The molecule has 1 aromatic rings. The maximum absolute atomic E-state index is 4.40. The molecule has 25 heavy (non-hydrogen) atoms. The maximum atomic E-state index is 4.40. The summed E-state index contributed by atoms with van der Waals surface area (Å²) in [6.07, 6.45) is 3.83. The molecule has 2 N–H and O–H groups in total. The Morgan fingerprint density at radius 2 is 2.04 bits per heavy atom. The highest BCUT2D eigenvalue weighted by atomic mass is 79.9. The zero-order valence-corrected chi connectivity index (χ0v) is 17.1. The first-order valence-electron chi connectivity index (χ1n) is 9.26. The van der Waals surface area contributed by atoms with Gasteiger partial charge in [0.25, 0.3) is 0 Å². The second-order valence-corrected chi connectivity index (χ2v) is 8.17. The van der Waals surface area contributed by atoms with Crippen molar-refractivity contribution in [2.75, 3.05) is 38.6 Å². The van der Waals surface area contributed by atoms with Crippen LogP contribution in [0.2, 0.25) is 0 Å². The highest BCUT2D eigenvalue weighted by Gasteiger charge is 2.29. The van der Waals surface area contributed by atoms with Gasteiger partial charge in [0.05, 0.1) is 0 Å². The van der Waals surface area contributed by atoms with Crippen molar-refractivity contribution in [2.24, 2.45) is 4.99 Å². The van der Waals surface area contributed by atoms with E-state index in [0.29, 0.717) is 12.1 Å². The lowest BCUT2D eigenvalue weighted by Crippen LogP contribution is -2.48. The molecule has 2 atom stereocenters. The molecular formula is C19H30BrN5. The zero-order valence-electron chi connectivity index (χ0n) is 15.5. The molecule has 0 aromatic heterocycles. The van der Waals surface area contributed by atoms with Gasteiger partial charge in [0.2, 0.25) is 0 Å². The van der Waals surface area contributed by atoms with Crippen molar-refractivity contribution >= 4 is 27.6 Å². The third-order valence-corrected chi connectivity index (χ3v) is 5.86. The van der Waals surface area contributed by atoms with Gasteiger partial charge >= 0.3 is 0 Å². The van der Waals surface area contributed by atoms with E-state index >= 15 is 0 Å². The van der Waals surface area contributed by atoms with E-state index in [4.69, 9.17) is 0 Å². The summed E-state index contributed by atoms with van der Waals surface area (Å²) in [4.78, 5) is 9.31. The topological polar surface area (TPSA) is 42.9 Å². The van der Waals surface area contributed by atoms with Gasteiger partial charge in [-0.3, -0.25) is 9.89 Å². The molecular weight excluding hydrogens is 378 g/mol. The first-order chi connectivity index (χ1) is 12.1. The van der Waals surface area contributed by atoms with Gasteiger partial charge in [-0.25, -0.2) is 0 Å². The van der Waals surface area contributed by atoms with Gasteiger partial charge < -0.3 is 15.5 Å². The first-order valence-corrected chi connectivity index (χ1v) is 10.1. The number of guanidine groups is 1. The van der Waals surface area contributed by atoms with E-state index in [-0.39, 0.29) is 0 Å². The highest BCUT2D eigenvalue weighted by Crippen LogP contribution is 2.26. The molecule has 5 nitrogen and oxygen atoms in total. The molecule has 1 aromatic carbocycles. The van der Waals surface area contributed by atoms with Crippen molar-refractivity contribution < 1.29 is 0 Å². The summed E-state index contributed by atoms with van der Waals surface area (Å²) in [6, 6.07) is 10.3. The van der Waals surface area contributed by atoms with Gasteiger partial charge in [0.1, 0.15) is 0 Å². The first kappa shape index (κ1) is 18.5. The SMILES string of the molecule is CN=C(NCC(C)N(C)C1CC1)NC1CCN(c2ccc(Br)cc2)C1. The van der Waals surface area contributed by atoms with E-state index < -0.39 is 0 Å². The Bertz CT molecular complexity index is 584. The van der Waals surface area contributed by atoms with Crippen molar-refractivity contribution in [3.63, 3.8) is 0 Å². The van der Waals surface area contributed by atoms with Gasteiger partial charge in [-0.1, -0.05) is 15.9 Å². The fourth-order valence-electron chi connectivity index (χ4n) is 3.38. The van der Waals surface area contributed by atoms with Gasteiger partial charge in [-0.2, -0.15) is 0 Å². The fraction of sp³-hybridized carbons (Fsp3) is 0.632. The lowest BCUT2D eigenvalue weighted by Gasteiger charge is -2.26. The molecule has 0 bridgehead atoms. The molecule has 1 saturated carbocycles. The molecule has 6 heteroatoms. The maximum Gasteiger partial charge on any atom is 0.191 e. The second-order valence-electron chi connectivity index (χ2n) is 7.25. The van der Waals surface area contributed by atoms with E-state index in [1.807, 2.05) is 7.05 Å². The lowest BCUT2D eigenvalue weighted by molar-refractivity contribution is 0.247. The van der Waals surface area contributed by atoms with Crippen molar-refractivity contribution in [3.05, 3.63) is 28.7 Å². The van der Waals surface area contributed by atoms with Crippen molar-refractivity contribution in [1.82, 2.24) is 15.5 Å². The Balaban J connectivity index is 1.45. The average Bonchev–Trinajstić information content (AvgIpc) is 3.37. The second kappa shape index (κ2) is 8.41. The molecule has 1 heterocycles. The molecule has 2 aliphatic rings. The van der Waals surface area contributed by atoms with Crippen molar-refractivity contribution in [2.45, 2.75) is 44.3 Å². The molecule has 1 aliphatic carbocycles. The van der Waals surface area contributed by atoms with Crippen LogP contribution in [0.1, 0.15) is 26.2 Å². The summed E-state index contributed by atoms with van der Waals surface area (Å²) in [7, 11) is 4.08. The summed E-state index contributed by atoms with van der Waals surface area (Å²) < 4.78 is 1.13. The molecule has 1 aliphatic heterocycles. The highest BCUT2D eigenvalue weighted by molar-refractivity contribution is 9.10. The molecule has 0 radical (unpaired) electrons. The number of aliphatic imine (C=N–C) groups is 1. The van der Waals surface area contributed by atoms with Crippen LogP contribution < -0.4 is 15.5 Å². The van der Waals surface area contributed by atoms with Crippen LogP contribution in [0.15, 0.2) is 33.7 Å². The van der Waals surface area contributed by atoms with Crippen LogP contribution in [0.4, 0.5) is 5.69 Å². The Hall–Kier alpha value is -1.27. The Morgan fingerprint density at radius 1 is 1.32 bits per heavy atom. The minimum absolute atomic E-state index is 0.436. The standard InChI is InChI=1S/C19H30BrN5/c1-14(24(3)17-8-9-17)12-22-19(21-2)23-16-10-11-25(13-16)18-6-4-15(20)5-7-18/h4-7,14,16-17H,8-13H2,1-3H3,(H2,21,22,23). The van der Waals surface area contributed by atoms with Gasteiger partial charge in [-0.05, 0) is 57.5 Å². The predicted octanol–water partition coefficient (Wildman–Crippen LogP) is 2.68. The molecule has 0 spiro atoms. The zero-order chi connectivity index (χ0) is 17.8. The third kappa shape index (κ3) is 5.11. The third-order valence-electron chi connectivity index (χ3n) is 5.33. The Morgan fingerprint density at radius 3 is 2.68 bits per heavy atom. The van der Waals surface area contributed by atoms with Gasteiger partial charge in [-0.15, -0.1) is 0 Å². The van der Waals surface area contributed by atoms with Crippen LogP contribution in [-0.2, 0) is 0 Å². The largest absolute Gasteiger partial charge is 0.369 e. The molecule has 2 fully saturated rings. The number of nitrogens with zero attached hydrogens (tertiary/aromatic N) is 3. The molecule has 138 valence electrons. The van der Waals surface area contributed by atoms with E-state index in [9.17, 15) is 0 Å². The minimum Gasteiger partial charge on any atom is -0.369 e. The van der Waals surface area contributed by atoms with Crippen LogP contribution in [0.25, 0.3) is 0 Å². The number of benzene rings is 1. The average molecular weight is 408 g/mol. The Labute approximate surface area is 160 Å². The monoisotopic (exact) mass is 407 g/mol. The molecule has 2 unspecified atom stereocenters. The van der Waals surface area contributed by atoms with E-state index in [0.717, 1.165) is 42.5 Å². The quantitative estimate of drug-likeness (QED) is 0.561. The minimum atomic E-state index is 0.436. The van der Waals surface area contributed by atoms with E-state index in [1.54, 1.807) is 0 Å². The number of anilines is 1. The van der Waals surface area contributed by atoms with Crippen LogP contribution in [0, 0.1) is 0 Å². The van der Waals surface area contributed by atoms with E-state index in [2.05, 4.69) is 79.6 Å². The van der Waals surface area contributed by atoms with Crippen LogP contribution in [-0.4, -0.2) is 62.7 Å². The lowest BCUT2D eigenvalue weighted by atomic mass is 10.2. The summed E-state index contributed by atoms with van der Waals surface area (Å²) in [5, 5.41) is 7.08. The normalized spacial score (nSPS) is 22.4. The predicted molar refractivity (Wildman–Crippen MR) is 110 cm³/mol. The van der Waals surface area contributed by atoms with Crippen LogP contribution >= 0.6 is 15.9 Å². The summed E-state index contributed by atoms with van der Waals surface area (Å²) in [5.41, 5.74) is 1.29. The molecule has 1 saturated heterocycles. The van der Waals surface area contributed by atoms with Crippen LogP contribution in [0.3, 0.4) is 0 Å². The Kier molecular flexibility index (Phi) is 6.23. The van der Waals surface area contributed by atoms with Gasteiger partial charge in [0, 0.05) is 55.0 Å². The number of nitrogens with one attached hydrogen (secondary N) is 2. The summed E-state index contributed by atoms with van der Waals surface area (Å²) in [5.74, 6) is 0.915. The van der Waals surface area contributed by atoms with Crippen molar-refractivity contribution in [1.29, 1.82) is 0 Å². The number of hydrogen-bond donors (Lipinski definition) is 2. The number of hydrogen-bond acceptors (Lipinski definition) is 3.